The van der Waals surface area contributed by atoms with Gasteiger partial charge in [0.05, 0.1) is 6.04 Å². The van der Waals surface area contributed by atoms with E-state index in [1.54, 1.807) is 0 Å². The average molecular weight is 296 g/mol. The molecule has 0 radical (unpaired) electrons. The van der Waals surface area contributed by atoms with Gasteiger partial charge in [-0.1, -0.05) is 28.0 Å². The third-order valence-corrected chi connectivity index (χ3v) is 3.51. The summed E-state index contributed by atoms with van der Waals surface area (Å²) in [5.41, 5.74) is 7.88. The van der Waals surface area contributed by atoms with E-state index in [-0.39, 0.29) is 6.04 Å². The SMILES string of the molecule is CCC(N)c1noc(-c2ccc(Br)c(C)c2)n1. The third-order valence-electron chi connectivity index (χ3n) is 2.62. The van der Waals surface area contributed by atoms with Crippen LogP contribution < -0.4 is 5.73 Å². The van der Waals surface area contributed by atoms with Gasteiger partial charge in [0, 0.05) is 10.0 Å². The van der Waals surface area contributed by atoms with E-state index in [9.17, 15) is 0 Å². The second kappa shape index (κ2) is 4.98. The van der Waals surface area contributed by atoms with Crippen LogP contribution in [-0.2, 0) is 0 Å². The molecule has 1 heterocycles. The highest BCUT2D eigenvalue weighted by Gasteiger charge is 2.13. The van der Waals surface area contributed by atoms with Crippen LogP contribution in [0.25, 0.3) is 11.5 Å². The molecule has 0 aliphatic rings. The maximum absolute atomic E-state index is 5.85. The molecule has 2 rings (SSSR count). The fourth-order valence-corrected chi connectivity index (χ4v) is 1.71. The fourth-order valence-electron chi connectivity index (χ4n) is 1.46. The second-order valence-electron chi connectivity index (χ2n) is 3.94. The van der Waals surface area contributed by atoms with E-state index >= 15 is 0 Å². The normalized spacial score (nSPS) is 12.7. The molecule has 0 aliphatic carbocycles. The molecule has 0 saturated heterocycles. The van der Waals surface area contributed by atoms with Gasteiger partial charge < -0.3 is 10.3 Å². The zero-order valence-corrected chi connectivity index (χ0v) is 11.4. The minimum absolute atomic E-state index is 0.163. The van der Waals surface area contributed by atoms with Gasteiger partial charge in [0.25, 0.3) is 5.89 Å². The summed E-state index contributed by atoms with van der Waals surface area (Å²) in [7, 11) is 0. The number of aryl methyl sites for hydroxylation is 1. The Balaban J connectivity index is 2.33. The van der Waals surface area contributed by atoms with Crippen molar-refractivity contribution in [2.24, 2.45) is 5.73 Å². The van der Waals surface area contributed by atoms with Crippen LogP contribution in [0.5, 0.6) is 0 Å². The van der Waals surface area contributed by atoms with Gasteiger partial charge in [-0.25, -0.2) is 0 Å². The van der Waals surface area contributed by atoms with Crippen molar-refractivity contribution in [3.05, 3.63) is 34.1 Å². The van der Waals surface area contributed by atoms with E-state index in [2.05, 4.69) is 26.1 Å². The first-order chi connectivity index (χ1) is 8.11. The van der Waals surface area contributed by atoms with Crippen molar-refractivity contribution in [2.75, 3.05) is 0 Å². The number of hydrogen-bond donors (Lipinski definition) is 1. The minimum Gasteiger partial charge on any atom is -0.334 e. The van der Waals surface area contributed by atoms with E-state index in [1.807, 2.05) is 32.0 Å². The average Bonchev–Trinajstić information content (AvgIpc) is 2.81. The summed E-state index contributed by atoms with van der Waals surface area (Å²) in [4.78, 5) is 4.30. The minimum atomic E-state index is -0.163. The van der Waals surface area contributed by atoms with Gasteiger partial charge in [0.15, 0.2) is 5.82 Å². The van der Waals surface area contributed by atoms with Crippen molar-refractivity contribution in [1.29, 1.82) is 0 Å². The Labute approximate surface area is 108 Å². The quantitative estimate of drug-likeness (QED) is 0.944. The molecule has 0 aliphatic heterocycles. The first kappa shape index (κ1) is 12.3. The molecule has 4 nitrogen and oxygen atoms in total. The molecule has 1 atom stereocenters. The molecule has 90 valence electrons. The molecule has 2 aromatic rings. The van der Waals surface area contributed by atoms with E-state index in [4.69, 9.17) is 10.3 Å². The van der Waals surface area contributed by atoms with Crippen LogP contribution in [0.4, 0.5) is 0 Å². The second-order valence-corrected chi connectivity index (χ2v) is 4.79. The number of nitrogens with zero attached hydrogens (tertiary/aromatic N) is 2. The van der Waals surface area contributed by atoms with E-state index in [1.165, 1.54) is 0 Å². The summed E-state index contributed by atoms with van der Waals surface area (Å²) < 4.78 is 6.27. The van der Waals surface area contributed by atoms with Crippen molar-refractivity contribution in [3.8, 4) is 11.5 Å². The lowest BCUT2D eigenvalue weighted by atomic mass is 10.1. The Bertz CT molecular complexity index is 524. The highest BCUT2D eigenvalue weighted by molar-refractivity contribution is 9.10. The van der Waals surface area contributed by atoms with Gasteiger partial charge >= 0.3 is 0 Å². The lowest BCUT2D eigenvalue weighted by Gasteiger charge is -2.00. The molecule has 17 heavy (non-hydrogen) atoms. The zero-order chi connectivity index (χ0) is 12.4. The molecule has 1 aromatic heterocycles. The number of nitrogens with two attached hydrogens (primary N) is 1. The number of halogens is 1. The van der Waals surface area contributed by atoms with Crippen LogP contribution in [0.15, 0.2) is 27.2 Å². The molecular weight excluding hydrogens is 282 g/mol. The number of rotatable bonds is 3. The van der Waals surface area contributed by atoms with Crippen molar-refractivity contribution in [1.82, 2.24) is 10.1 Å². The standard InChI is InChI=1S/C12H14BrN3O/c1-3-10(14)11-15-12(17-16-11)8-4-5-9(13)7(2)6-8/h4-6,10H,3,14H2,1-2H3. The van der Waals surface area contributed by atoms with E-state index in [0.29, 0.717) is 11.7 Å². The highest BCUT2D eigenvalue weighted by Crippen LogP contribution is 2.24. The Morgan fingerprint density at radius 3 is 2.88 bits per heavy atom. The molecule has 1 aromatic carbocycles. The van der Waals surface area contributed by atoms with Gasteiger partial charge in [-0.3, -0.25) is 0 Å². The van der Waals surface area contributed by atoms with Gasteiger partial charge in [-0.15, -0.1) is 0 Å². The van der Waals surface area contributed by atoms with Crippen LogP contribution in [-0.4, -0.2) is 10.1 Å². The summed E-state index contributed by atoms with van der Waals surface area (Å²) in [6.45, 7) is 4.01. The predicted octanol–water partition coefficient (Wildman–Crippen LogP) is 3.22. The summed E-state index contributed by atoms with van der Waals surface area (Å²) in [6, 6.07) is 5.74. The van der Waals surface area contributed by atoms with Crippen LogP contribution in [0.1, 0.15) is 30.8 Å². The lowest BCUT2D eigenvalue weighted by Crippen LogP contribution is -2.10. The molecule has 0 spiro atoms. The molecule has 1 unspecified atom stereocenters. The third kappa shape index (κ3) is 2.56. The highest BCUT2D eigenvalue weighted by atomic mass is 79.9. The molecule has 0 saturated carbocycles. The summed E-state index contributed by atoms with van der Waals surface area (Å²) >= 11 is 3.45. The summed E-state index contributed by atoms with van der Waals surface area (Å²) in [6.07, 6.45) is 0.790. The van der Waals surface area contributed by atoms with Crippen molar-refractivity contribution >= 4 is 15.9 Å². The lowest BCUT2D eigenvalue weighted by molar-refractivity contribution is 0.415. The Morgan fingerprint density at radius 1 is 1.47 bits per heavy atom. The molecule has 0 fully saturated rings. The number of benzene rings is 1. The number of aromatic nitrogens is 2. The van der Waals surface area contributed by atoms with E-state index in [0.717, 1.165) is 22.0 Å². The maximum atomic E-state index is 5.85. The van der Waals surface area contributed by atoms with Crippen molar-refractivity contribution < 1.29 is 4.52 Å². The van der Waals surface area contributed by atoms with Crippen LogP contribution >= 0.6 is 15.9 Å². The van der Waals surface area contributed by atoms with Crippen LogP contribution in [0.2, 0.25) is 0 Å². The van der Waals surface area contributed by atoms with Crippen molar-refractivity contribution in [2.45, 2.75) is 26.3 Å². The Morgan fingerprint density at radius 2 is 2.24 bits per heavy atom. The van der Waals surface area contributed by atoms with Gasteiger partial charge in [-0.2, -0.15) is 4.98 Å². The first-order valence-corrected chi connectivity index (χ1v) is 6.26. The van der Waals surface area contributed by atoms with Gasteiger partial charge in [0.1, 0.15) is 0 Å². The molecule has 0 amide bonds. The predicted molar refractivity (Wildman–Crippen MR) is 69.4 cm³/mol. The maximum Gasteiger partial charge on any atom is 0.257 e. The topological polar surface area (TPSA) is 64.9 Å². The molecule has 0 bridgehead atoms. The molecule has 2 N–H and O–H groups in total. The van der Waals surface area contributed by atoms with Crippen LogP contribution in [0, 0.1) is 6.92 Å². The largest absolute Gasteiger partial charge is 0.334 e. The summed E-state index contributed by atoms with van der Waals surface area (Å²) in [5, 5.41) is 3.89. The number of hydrogen-bond acceptors (Lipinski definition) is 4. The smallest absolute Gasteiger partial charge is 0.257 e. The van der Waals surface area contributed by atoms with Crippen LogP contribution in [0.3, 0.4) is 0 Å². The Kier molecular flexibility index (Phi) is 3.59. The van der Waals surface area contributed by atoms with Crippen molar-refractivity contribution in [3.63, 3.8) is 0 Å². The fraction of sp³-hybridized carbons (Fsp3) is 0.333. The Hall–Kier alpha value is -1.20. The first-order valence-electron chi connectivity index (χ1n) is 5.47. The summed E-state index contributed by atoms with van der Waals surface area (Å²) in [5.74, 6) is 1.07. The zero-order valence-electron chi connectivity index (χ0n) is 9.77. The molecular formula is C12H14BrN3O. The van der Waals surface area contributed by atoms with E-state index < -0.39 is 0 Å². The monoisotopic (exact) mass is 295 g/mol. The van der Waals surface area contributed by atoms with Gasteiger partial charge in [-0.05, 0) is 37.1 Å². The molecule has 5 heteroatoms. The van der Waals surface area contributed by atoms with Gasteiger partial charge in [0.2, 0.25) is 0 Å².